The Morgan fingerprint density at radius 3 is 2.62 bits per heavy atom. The molecule has 0 spiro atoms. The van der Waals surface area contributed by atoms with Crippen LogP contribution in [0.2, 0.25) is 0 Å². The standard InChI is InChI=1S/C17H14N4O4S/c22-16(19-20-17(26)18-10-11-4-2-1-3-5-11)15-9-12-8-13(21(23)24)6-7-14(12)25-15/h1-9H,10H2,(H,19,22)(H2,18,20,26). The van der Waals surface area contributed by atoms with Crippen molar-refractivity contribution in [2.75, 3.05) is 0 Å². The van der Waals surface area contributed by atoms with E-state index in [1.165, 1.54) is 24.3 Å². The van der Waals surface area contributed by atoms with Crippen LogP contribution in [0.5, 0.6) is 0 Å². The van der Waals surface area contributed by atoms with E-state index in [0.717, 1.165) is 5.56 Å². The molecule has 0 saturated heterocycles. The van der Waals surface area contributed by atoms with Crippen LogP contribution in [0.1, 0.15) is 16.1 Å². The van der Waals surface area contributed by atoms with E-state index in [1.54, 1.807) is 0 Å². The Morgan fingerprint density at radius 2 is 1.88 bits per heavy atom. The third-order valence-electron chi connectivity index (χ3n) is 3.52. The van der Waals surface area contributed by atoms with Crippen LogP contribution >= 0.6 is 12.2 Å². The molecule has 3 aromatic rings. The van der Waals surface area contributed by atoms with Crippen LogP contribution in [0, 0.1) is 10.1 Å². The Hall–Kier alpha value is -3.46. The van der Waals surface area contributed by atoms with Gasteiger partial charge in [0.2, 0.25) is 0 Å². The summed E-state index contributed by atoms with van der Waals surface area (Å²) in [7, 11) is 0. The summed E-state index contributed by atoms with van der Waals surface area (Å²) in [6.07, 6.45) is 0. The summed E-state index contributed by atoms with van der Waals surface area (Å²) < 4.78 is 5.39. The number of fused-ring (bicyclic) bond motifs is 1. The molecule has 1 heterocycles. The molecule has 3 N–H and O–H groups in total. The van der Waals surface area contributed by atoms with E-state index in [9.17, 15) is 14.9 Å². The Bertz CT molecular complexity index is 971. The molecule has 2 aromatic carbocycles. The van der Waals surface area contributed by atoms with Crippen molar-refractivity contribution in [3.63, 3.8) is 0 Å². The lowest BCUT2D eigenvalue weighted by molar-refractivity contribution is -0.384. The molecule has 0 atom stereocenters. The number of amides is 1. The summed E-state index contributed by atoms with van der Waals surface area (Å²) >= 11 is 5.09. The van der Waals surface area contributed by atoms with Gasteiger partial charge in [-0.1, -0.05) is 30.3 Å². The molecule has 132 valence electrons. The van der Waals surface area contributed by atoms with E-state index in [0.29, 0.717) is 17.5 Å². The summed E-state index contributed by atoms with van der Waals surface area (Å²) in [4.78, 5) is 22.4. The average Bonchev–Trinajstić information content (AvgIpc) is 3.08. The van der Waals surface area contributed by atoms with Gasteiger partial charge >= 0.3 is 5.91 Å². The van der Waals surface area contributed by atoms with Crippen LogP contribution in [0.15, 0.2) is 59.0 Å². The zero-order valence-electron chi connectivity index (χ0n) is 13.4. The molecule has 0 aliphatic heterocycles. The minimum absolute atomic E-state index is 0.0128. The molecule has 8 nitrogen and oxygen atoms in total. The first-order valence-corrected chi connectivity index (χ1v) is 8.00. The maximum Gasteiger partial charge on any atom is 0.305 e. The van der Waals surface area contributed by atoms with Crippen LogP contribution in [0.4, 0.5) is 5.69 Å². The number of carbonyl (C=O) groups is 1. The van der Waals surface area contributed by atoms with Gasteiger partial charge in [-0.3, -0.25) is 25.8 Å². The van der Waals surface area contributed by atoms with Crippen LogP contribution in [-0.4, -0.2) is 15.9 Å². The molecule has 0 radical (unpaired) electrons. The van der Waals surface area contributed by atoms with Crippen molar-refractivity contribution in [2.45, 2.75) is 6.54 Å². The maximum atomic E-state index is 12.1. The Morgan fingerprint density at radius 1 is 1.12 bits per heavy atom. The summed E-state index contributed by atoms with van der Waals surface area (Å²) in [6.45, 7) is 0.511. The van der Waals surface area contributed by atoms with E-state index >= 15 is 0 Å². The maximum absolute atomic E-state index is 12.1. The van der Waals surface area contributed by atoms with Gasteiger partial charge in [-0.2, -0.15) is 0 Å². The number of nitrogens with zero attached hydrogens (tertiary/aromatic N) is 1. The van der Waals surface area contributed by atoms with Gasteiger partial charge in [-0.05, 0) is 29.9 Å². The molecular weight excluding hydrogens is 356 g/mol. The fourth-order valence-corrected chi connectivity index (χ4v) is 2.38. The van der Waals surface area contributed by atoms with Crippen LogP contribution in [0.25, 0.3) is 11.0 Å². The van der Waals surface area contributed by atoms with Crippen molar-refractivity contribution in [3.05, 3.63) is 76.0 Å². The van der Waals surface area contributed by atoms with Crippen molar-refractivity contribution in [2.24, 2.45) is 0 Å². The fraction of sp³-hybridized carbons (Fsp3) is 0.0588. The topological polar surface area (TPSA) is 109 Å². The monoisotopic (exact) mass is 370 g/mol. The molecule has 1 aromatic heterocycles. The molecule has 3 rings (SSSR count). The highest BCUT2D eigenvalue weighted by Gasteiger charge is 2.15. The predicted molar refractivity (Wildman–Crippen MR) is 99.4 cm³/mol. The van der Waals surface area contributed by atoms with Crippen molar-refractivity contribution in [1.29, 1.82) is 0 Å². The predicted octanol–water partition coefficient (Wildman–Crippen LogP) is 2.65. The third kappa shape index (κ3) is 4.14. The molecule has 0 aliphatic rings. The zero-order chi connectivity index (χ0) is 18.5. The summed E-state index contributed by atoms with van der Waals surface area (Å²) in [6, 6.07) is 15.2. The van der Waals surface area contributed by atoms with E-state index < -0.39 is 10.8 Å². The summed E-state index contributed by atoms with van der Waals surface area (Å²) in [5, 5.41) is 14.5. The molecule has 9 heteroatoms. The number of nitrogens with one attached hydrogen (secondary N) is 3. The van der Waals surface area contributed by atoms with Crippen molar-refractivity contribution in [1.82, 2.24) is 16.2 Å². The minimum atomic E-state index is -0.548. The number of hydrazine groups is 1. The number of nitro benzene ring substituents is 1. The highest BCUT2D eigenvalue weighted by atomic mass is 32.1. The number of rotatable bonds is 4. The average molecular weight is 370 g/mol. The first-order chi connectivity index (χ1) is 12.5. The molecule has 26 heavy (non-hydrogen) atoms. The number of nitro groups is 1. The number of furan rings is 1. The second kappa shape index (κ2) is 7.62. The van der Waals surface area contributed by atoms with E-state index in [4.69, 9.17) is 16.6 Å². The first-order valence-electron chi connectivity index (χ1n) is 7.59. The van der Waals surface area contributed by atoms with Crippen LogP contribution < -0.4 is 16.2 Å². The molecule has 0 aliphatic carbocycles. The largest absolute Gasteiger partial charge is 0.451 e. The fourth-order valence-electron chi connectivity index (χ4n) is 2.25. The summed E-state index contributed by atoms with van der Waals surface area (Å²) in [5.41, 5.74) is 6.34. The number of benzene rings is 2. The quantitative estimate of drug-likeness (QED) is 0.368. The van der Waals surface area contributed by atoms with Crippen LogP contribution in [-0.2, 0) is 6.54 Å². The van der Waals surface area contributed by atoms with Crippen molar-refractivity contribution in [3.8, 4) is 0 Å². The SMILES string of the molecule is O=C(NNC(=S)NCc1ccccc1)c1cc2cc([N+](=O)[O-])ccc2o1. The number of non-ortho nitro benzene ring substituents is 1. The van der Waals surface area contributed by atoms with Gasteiger partial charge in [-0.15, -0.1) is 0 Å². The molecule has 0 unspecified atom stereocenters. The van der Waals surface area contributed by atoms with Crippen molar-refractivity contribution >= 4 is 39.9 Å². The van der Waals surface area contributed by atoms with E-state index in [-0.39, 0.29) is 16.6 Å². The van der Waals surface area contributed by atoms with Crippen LogP contribution in [0.3, 0.4) is 0 Å². The highest BCUT2D eigenvalue weighted by Crippen LogP contribution is 2.24. The Balaban J connectivity index is 1.56. The number of carbonyl (C=O) groups excluding carboxylic acids is 1. The van der Waals surface area contributed by atoms with Gasteiger partial charge in [0.05, 0.1) is 4.92 Å². The lowest BCUT2D eigenvalue weighted by Gasteiger charge is -2.10. The van der Waals surface area contributed by atoms with Gasteiger partial charge < -0.3 is 9.73 Å². The van der Waals surface area contributed by atoms with E-state index in [2.05, 4.69) is 16.2 Å². The molecular formula is C17H14N4O4S. The molecule has 0 fully saturated rings. The summed E-state index contributed by atoms with van der Waals surface area (Å²) in [5.74, 6) is -0.536. The van der Waals surface area contributed by atoms with Gasteiger partial charge in [0, 0.05) is 24.1 Å². The zero-order valence-corrected chi connectivity index (χ0v) is 14.2. The second-order valence-corrected chi connectivity index (χ2v) is 5.75. The third-order valence-corrected chi connectivity index (χ3v) is 3.77. The minimum Gasteiger partial charge on any atom is -0.451 e. The number of thiocarbonyl (C=S) groups is 1. The number of hydrogen-bond acceptors (Lipinski definition) is 5. The van der Waals surface area contributed by atoms with Gasteiger partial charge in [0.15, 0.2) is 10.9 Å². The van der Waals surface area contributed by atoms with Crippen molar-refractivity contribution < 1.29 is 14.1 Å². The molecule has 1 amide bonds. The second-order valence-electron chi connectivity index (χ2n) is 5.34. The first kappa shape index (κ1) is 17.4. The Labute approximate surface area is 153 Å². The lowest BCUT2D eigenvalue weighted by Crippen LogP contribution is -2.46. The van der Waals surface area contributed by atoms with Gasteiger partial charge in [0.1, 0.15) is 5.58 Å². The lowest BCUT2D eigenvalue weighted by atomic mass is 10.2. The molecule has 0 bridgehead atoms. The highest BCUT2D eigenvalue weighted by molar-refractivity contribution is 7.80. The Kier molecular flexibility index (Phi) is 5.09. The van der Waals surface area contributed by atoms with Gasteiger partial charge in [-0.25, -0.2) is 0 Å². The smallest absolute Gasteiger partial charge is 0.305 e. The number of hydrogen-bond donors (Lipinski definition) is 3. The molecule has 0 saturated carbocycles. The van der Waals surface area contributed by atoms with Gasteiger partial charge in [0.25, 0.3) is 5.69 Å². The van der Waals surface area contributed by atoms with E-state index in [1.807, 2.05) is 30.3 Å². The normalized spacial score (nSPS) is 10.3.